The highest BCUT2D eigenvalue weighted by Crippen LogP contribution is 2.29. The minimum Gasteiger partial charge on any atom is -0.304 e. The molecule has 4 nitrogen and oxygen atoms in total. The zero-order valence-corrected chi connectivity index (χ0v) is 12.7. The molecule has 0 unspecified atom stereocenters. The van der Waals surface area contributed by atoms with E-state index >= 15 is 0 Å². The van der Waals surface area contributed by atoms with Gasteiger partial charge in [0.1, 0.15) is 0 Å². The topological polar surface area (TPSA) is 57.8 Å². The molecule has 0 bridgehead atoms. The van der Waals surface area contributed by atoms with Gasteiger partial charge < -0.3 is 5.32 Å². The molecule has 20 heavy (non-hydrogen) atoms. The van der Waals surface area contributed by atoms with Gasteiger partial charge in [0.25, 0.3) is 5.91 Å². The largest absolute Gasteiger partial charge is 0.304 e. The lowest BCUT2D eigenvalue weighted by atomic mass is 10.1. The van der Waals surface area contributed by atoms with Crippen LogP contribution in [-0.2, 0) is 12.8 Å². The predicted molar refractivity (Wildman–Crippen MR) is 81.6 cm³/mol. The molecule has 3 rings (SSSR count). The Labute approximate surface area is 122 Å². The van der Waals surface area contributed by atoms with Gasteiger partial charge in [-0.1, -0.05) is 6.42 Å². The summed E-state index contributed by atoms with van der Waals surface area (Å²) in [5.74, 6) is 0.591. The molecule has 2 heterocycles. The van der Waals surface area contributed by atoms with Crippen LogP contribution in [0.4, 0.5) is 5.82 Å². The zero-order chi connectivity index (χ0) is 14.1. The molecule has 2 aromatic heterocycles. The first-order chi connectivity index (χ1) is 9.65. The number of H-pyrrole nitrogens is 1. The molecule has 0 saturated carbocycles. The molecular weight excluding hydrogens is 270 g/mol. The van der Waals surface area contributed by atoms with Crippen molar-refractivity contribution >= 4 is 23.1 Å². The van der Waals surface area contributed by atoms with Crippen molar-refractivity contribution in [3.05, 3.63) is 32.6 Å². The highest BCUT2D eigenvalue weighted by atomic mass is 32.1. The summed E-state index contributed by atoms with van der Waals surface area (Å²) in [7, 11) is 0. The highest BCUT2D eigenvalue weighted by Gasteiger charge is 2.18. The number of aromatic amines is 1. The van der Waals surface area contributed by atoms with Crippen molar-refractivity contribution in [3.8, 4) is 0 Å². The number of aromatic nitrogens is 2. The van der Waals surface area contributed by atoms with E-state index < -0.39 is 0 Å². The second-order valence-corrected chi connectivity index (χ2v) is 6.53. The lowest BCUT2D eigenvalue weighted by Gasteiger charge is -2.00. The van der Waals surface area contributed by atoms with Crippen molar-refractivity contribution in [2.45, 2.75) is 46.0 Å². The van der Waals surface area contributed by atoms with Crippen LogP contribution in [0.2, 0.25) is 0 Å². The summed E-state index contributed by atoms with van der Waals surface area (Å²) in [5, 5.41) is 9.92. The van der Waals surface area contributed by atoms with Crippen LogP contribution in [0.25, 0.3) is 0 Å². The van der Waals surface area contributed by atoms with Crippen molar-refractivity contribution in [3.63, 3.8) is 0 Å². The van der Waals surface area contributed by atoms with Gasteiger partial charge in [-0.3, -0.25) is 9.89 Å². The summed E-state index contributed by atoms with van der Waals surface area (Å²) in [6.07, 6.45) is 6.01. The van der Waals surface area contributed by atoms with Crippen molar-refractivity contribution in [1.29, 1.82) is 0 Å². The molecular formula is C15H19N3OS. The second-order valence-electron chi connectivity index (χ2n) is 5.40. The summed E-state index contributed by atoms with van der Waals surface area (Å²) in [4.78, 5) is 14.5. The molecule has 2 N–H and O–H groups in total. The summed E-state index contributed by atoms with van der Waals surface area (Å²) in [6, 6.07) is 2.06. The van der Waals surface area contributed by atoms with Gasteiger partial charge in [0.15, 0.2) is 5.82 Å². The second kappa shape index (κ2) is 5.40. The molecule has 1 aliphatic carbocycles. The smallest absolute Gasteiger partial charge is 0.266 e. The van der Waals surface area contributed by atoms with Gasteiger partial charge in [0, 0.05) is 16.1 Å². The van der Waals surface area contributed by atoms with E-state index in [1.54, 1.807) is 11.3 Å². The Bertz CT molecular complexity index is 618. The minimum absolute atomic E-state index is 0.0438. The average molecular weight is 289 g/mol. The number of fused-ring (bicyclic) bond motifs is 1. The first-order valence-corrected chi connectivity index (χ1v) is 7.91. The standard InChI is InChI=1S/C15H19N3OS/c1-9-10(2)17-18-14(9)16-15(19)13-8-11-6-4-3-5-7-12(11)20-13/h8H,3-7H2,1-2H3,(H2,16,17,18,19). The van der Waals surface area contributed by atoms with E-state index in [0.29, 0.717) is 5.82 Å². The maximum atomic E-state index is 12.3. The fourth-order valence-corrected chi connectivity index (χ4v) is 3.70. The summed E-state index contributed by atoms with van der Waals surface area (Å²) in [6.45, 7) is 3.91. The van der Waals surface area contributed by atoms with Crippen molar-refractivity contribution in [1.82, 2.24) is 10.2 Å². The van der Waals surface area contributed by atoms with Crippen LogP contribution in [0.1, 0.15) is 50.6 Å². The monoisotopic (exact) mass is 289 g/mol. The summed E-state index contributed by atoms with van der Waals surface area (Å²) in [5.41, 5.74) is 3.35. The molecule has 106 valence electrons. The molecule has 0 aliphatic heterocycles. The van der Waals surface area contributed by atoms with Gasteiger partial charge >= 0.3 is 0 Å². The maximum Gasteiger partial charge on any atom is 0.266 e. The van der Waals surface area contributed by atoms with E-state index in [2.05, 4.69) is 21.6 Å². The van der Waals surface area contributed by atoms with Crippen LogP contribution in [-0.4, -0.2) is 16.1 Å². The SMILES string of the molecule is Cc1[nH]nc(NC(=O)c2cc3c(s2)CCCCC3)c1C. The molecule has 1 aliphatic rings. The normalized spacial score (nSPS) is 14.7. The fraction of sp³-hybridized carbons (Fsp3) is 0.467. The number of rotatable bonds is 2. The fourth-order valence-electron chi connectivity index (χ4n) is 2.56. The molecule has 0 aromatic carbocycles. The minimum atomic E-state index is -0.0438. The van der Waals surface area contributed by atoms with Crippen molar-refractivity contribution < 1.29 is 4.79 Å². The van der Waals surface area contributed by atoms with E-state index in [1.807, 2.05) is 13.8 Å². The van der Waals surface area contributed by atoms with Gasteiger partial charge in [-0.25, -0.2) is 0 Å². The highest BCUT2D eigenvalue weighted by molar-refractivity contribution is 7.14. The van der Waals surface area contributed by atoms with Gasteiger partial charge in [-0.15, -0.1) is 11.3 Å². The first-order valence-electron chi connectivity index (χ1n) is 7.09. The molecule has 0 spiro atoms. The van der Waals surface area contributed by atoms with E-state index in [4.69, 9.17) is 0 Å². The number of hydrogen-bond acceptors (Lipinski definition) is 3. The zero-order valence-electron chi connectivity index (χ0n) is 11.9. The van der Waals surface area contributed by atoms with E-state index in [9.17, 15) is 4.79 Å². The van der Waals surface area contributed by atoms with Crippen LogP contribution in [0.5, 0.6) is 0 Å². The first kappa shape index (κ1) is 13.4. The quantitative estimate of drug-likeness (QED) is 0.830. The van der Waals surface area contributed by atoms with Gasteiger partial charge in [-0.2, -0.15) is 5.10 Å². The lowest BCUT2D eigenvalue weighted by molar-refractivity contribution is 0.103. The Morgan fingerprint density at radius 2 is 2.10 bits per heavy atom. The number of carbonyl (C=O) groups excluding carboxylic acids is 1. The average Bonchev–Trinajstić information content (AvgIpc) is 2.90. The number of anilines is 1. The van der Waals surface area contributed by atoms with Crippen LogP contribution < -0.4 is 5.32 Å². The van der Waals surface area contributed by atoms with E-state index in [1.165, 1.54) is 29.7 Å². The van der Waals surface area contributed by atoms with Gasteiger partial charge in [0.05, 0.1) is 4.88 Å². The maximum absolute atomic E-state index is 12.3. The third kappa shape index (κ3) is 2.50. The summed E-state index contributed by atoms with van der Waals surface area (Å²) >= 11 is 1.64. The third-order valence-electron chi connectivity index (χ3n) is 3.96. The number of hydrogen-bond donors (Lipinski definition) is 2. The number of nitrogens with one attached hydrogen (secondary N) is 2. The molecule has 0 saturated heterocycles. The number of thiophene rings is 1. The van der Waals surface area contributed by atoms with Crippen LogP contribution in [0.15, 0.2) is 6.07 Å². The number of amides is 1. The van der Waals surface area contributed by atoms with Gasteiger partial charge in [-0.05, 0) is 51.2 Å². The van der Waals surface area contributed by atoms with Gasteiger partial charge in [0.2, 0.25) is 0 Å². The van der Waals surface area contributed by atoms with Crippen molar-refractivity contribution in [2.24, 2.45) is 0 Å². The number of nitrogens with zero attached hydrogens (tertiary/aromatic N) is 1. The molecule has 2 aromatic rings. The Morgan fingerprint density at radius 3 is 2.85 bits per heavy atom. The lowest BCUT2D eigenvalue weighted by Crippen LogP contribution is -2.11. The predicted octanol–water partition coefficient (Wildman–Crippen LogP) is 3.61. The molecule has 0 atom stereocenters. The Hall–Kier alpha value is -1.62. The van der Waals surface area contributed by atoms with E-state index in [-0.39, 0.29) is 5.91 Å². The molecule has 0 fully saturated rings. The number of carbonyl (C=O) groups is 1. The van der Waals surface area contributed by atoms with Crippen molar-refractivity contribution in [2.75, 3.05) is 5.32 Å². The Morgan fingerprint density at radius 1 is 1.30 bits per heavy atom. The number of aryl methyl sites for hydroxylation is 3. The summed E-state index contributed by atoms with van der Waals surface area (Å²) < 4.78 is 0. The molecule has 0 radical (unpaired) electrons. The van der Waals surface area contributed by atoms with Crippen LogP contribution in [0, 0.1) is 13.8 Å². The Kier molecular flexibility index (Phi) is 3.61. The van der Waals surface area contributed by atoms with Crippen LogP contribution in [0.3, 0.4) is 0 Å². The third-order valence-corrected chi connectivity index (χ3v) is 5.19. The van der Waals surface area contributed by atoms with Crippen LogP contribution >= 0.6 is 11.3 Å². The Balaban J connectivity index is 1.79. The molecule has 5 heteroatoms. The molecule has 1 amide bonds. The van der Waals surface area contributed by atoms with E-state index in [0.717, 1.165) is 29.0 Å².